The summed E-state index contributed by atoms with van der Waals surface area (Å²) in [5.41, 5.74) is 4.07. The van der Waals surface area contributed by atoms with Gasteiger partial charge in [-0.05, 0) is 25.0 Å². The van der Waals surface area contributed by atoms with Gasteiger partial charge in [0.1, 0.15) is 11.5 Å². The summed E-state index contributed by atoms with van der Waals surface area (Å²) in [4.78, 5) is 16.6. The van der Waals surface area contributed by atoms with E-state index in [0.29, 0.717) is 0 Å². The van der Waals surface area contributed by atoms with Gasteiger partial charge in [-0.3, -0.25) is 4.79 Å². The third-order valence-corrected chi connectivity index (χ3v) is 3.16. The Labute approximate surface area is 119 Å². The maximum atomic E-state index is 12.8. The van der Waals surface area contributed by atoms with E-state index in [0.717, 1.165) is 25.0 Å². The second kappa shape index (κ2) is 5.60. The van der Waals surface area contributed by atoms with Crippen molar-refractivity contribution in [3.63, 3.8) is 0 Å². The van der Waals surface area contributed by atoms with Crippen LogP contribution in [-0.2, 0) is 6.18 Å². The van der Waals surface area contributed by atoms with Crippen molar-refractivity contribution in [3.8, 4) is 6.07 Å². The Hall–Kier alpha value is -2.30. The molecular formula is C13H13F3N4O. The molecule has 1 aromatic rings. The summed E-state index contributed by atoms with van der Waals surface area (Å²) in [6, 6.07) is 3.72. The number of pyridine rings is 1. The van der Waals surface area contributed by atoms with Crippen molar-refractivity contribution < 1.29 is 18.0 Å². The highest BCUT2D eigenvalue weighted by Crippen LogP contribution is 2.35. The molecule has 0 aromatic carbocycles. The molecule has 0 unspecified atom stereocenters. The van der Waals surface area contributed by atoms with Crippen LogP contribution in [-0.4, -0.2) is 23.5 Å². The number of hydrogen-bond acceptors (Lipinski definition) is 4. The molecule has 0 spiro atoms. The first-order valence-corrected chi connectivity index (χ1v) is 6.36. The molecule has 112 valence electrons. The fourth-order valence-corrected chi connectivity index (χ4v) is 2.04. The molecule has 1 amide bonds. The molecule has 5 nitrogen and oxygen atoms in total. The molecule has 1 saturated carbocycles. The summed E-state index contributed by atoms with van der Waals surface area (Å²) in [5.74, 6) is -0.927. The summed E-state index contributed by atoms with van der Waals surface area (Å²) >= 11 is 0. The zero-order valence-electron chi connectivity index (χ0n) is 11.0. The van der Waals surface area contributed by atoms with E-state index in [2.05, 4.69) is 4.98 Å². The Balaban J connectivity index is 2.46. The van der Waals surface area contributed by atoms with Crippen LogP contribution < -0.4 is 10.6 Å². The normalized spacial score (nSPS) is 14.6. The Morgan fingerprint density at radius 2 is 2.14 bits per heavy atom. The predicted molar refractivity (Wildman–Crippen MR) is 68.4 cm³/mol. The number of nitrogens with zero attached hydrogens (tertiary/aromatic N) is 3. The van der Waals surface area contributed by atoms with Crippen LogP contribution in [0.5, 0.6) is 0 Å². The molecule has 1 aliphatic carbocycles. The minimum atomic E-state index is -4.60. The van der Waals surface area contributed by atoms with Gasteiger partial charge in [-0.2, -0.15) is 18.4 Å². The van der Waals surface area contributed by atoms with Crippen molar-refractivity contribution in [2.45, 2.75) is 31.5 Å². The Morgan fingerprint density at radius 3 is 2.62 bits per heavy atom. The van der Waals surface area contributed by atoms with Crippen LogP contribution in [0.25, 0.3) is 0 Å². The first-order valence-electron chi connectivity index (χ1n) is 6.36. The first kappa shape index (κ1) is 15.1. The average molecular weight is 298 g/mol. The summed E-state index contributed by atoms with van der Waals surface area (Å²) in [7, 11) is 0. The first-order chi connectivity index (χ1) is 9.84. The molecule has 2 N–H and O–H groups in total. The molecule has 0 radical (unpaired) electrons. The van der Waals surface area contributed by atoms with Crippen LogP contribution in [0.3, 0.4) is 0 Å². The van der Waals surface area contributed by atoms with Gasteiger partial charge in [0.2, 0.25) is 0 Å². The number of carbonyl (C=O) groups excluding carboxylic acids is 1. The van der Waals surface area contributed by atoms with Gasteiger partial charge >= 0.3 is 6.18 Å². The van der Waals surface area contributed by atoms with Crippen molar-refractivity contribution >= 4 is 11.7 Å². The van der Waals surface area contributed by atoms with E-state index in [-0.39, 0.29) is 30.4 Å². The maximum absolute atomic E-state index is 12.8. The van der Waals surface area contributed by atoms with E-state index in [1.54, 1.807) is 4.90 Å². The van der Waals surface area contributed by atoms with Crippen molar-refractivity contribution in [3.05, 3.63) is 23.4 Å². The second-order valence-corrected chi connectivity index (χ2v) is 4.76. The van der Waals surface area contributed by atoms with Gasteiger partial charge in [0.25, 0.3) is 5.91 Å². The largest absolute Gasteiger partial charge is 0.433 e. The Morgan fingerprint density at radius 1 is 1.48 bits per heavy atom. The third-order valence-electron chi connectivity index (χ3n) is 3.16. The molecule has 2 rings (SSSR count). The average Bonchev–Trinajstić information content (AvgIpc) is 3.22. The lowest BCUT2D eigenvalue weighted by Crippen LogP contribution is -2.31. The lowest BCUT2D eigenvalue weighted by atomic mass is 10.2. The van der Waals surface area contributed by atoms with E-state index < -0.39 is 17.8 Å². The minimum Gasteiger partial charge on any atom is -0.365 e. The lowest BCUT2D eigenvalue weighted by Gasteiger charge is -2.25. The number of amides is 1. The number of alkyl halides is 3. The van der Waals surface area contributed by atoms with Gasteiger partial charge in [0, 0.05) is 12.6 Å². The molecular weight excluding hydrogens is 285 g/mol. The molecule has 8 heteroatoms. The molecule has 1 aliphatic rings. The molecule has 1 heterocycles. The monoisotopic (exact) mass is 298 g/mol. The zero-order chi connectivity index (χ0) is 15.6. The van der Waals surface area contributed by atoms with E-state index in [1.165, 1.54) is 0 Å². The van der Waals surface area contributed by atoms with Gasteiger partial charge in [-0.1, -0.05) is 0 Å². The highest BCUT2D eigenvalue weighted by atomic mass is 19.4. The van der Waals surface area contributed by atoms with E-state index in [9.17, 15) is 18.0 Å². The number of rotatable bonds is 5. The molecule has 1 aromatic heterocycles. The number of hydrogen-bond donors (Lipinski definition) is 1. The van der Waals surface area contributed by atoms with Gasteiger partial charge in [-0.15, -0.1) is 0 Å². The Bertz CT molecular complexity index is 590. The summed E-state index contributed by atoms with van der Waals surface area (Å²) in [6.07, 6.45) is -2.88. The quantitative estimate of drug-likeness (QED) is 0.902. The standard InChI is InChI=1S/C13H13F3N4O/c14-13(15,16)10-5-4-9(11(18)21)12(19-10)20(7-1-6-17)8-2-3-8/h4-5,8H,1-3,7H2,(H2,18,21). The number of primary amides is 1. The summed E-state index contributed by atoms with van der Waals surface area (Å²) < 4.78 is 38.3. The lowest BCUT2D eigenvalue weighted by molar-refractivity contribution is -0.141. The number of halogens is 3. The van der Waals surface area contributed by atoms with Gasteiger partial charge < -0.3 is 10.6 Å². The van der Waals surface area contributed by atoms with E-state index in [4.69, 9.17) is 11.0 Å². The number of nitriles is 1. The van der Waals surface area contributed by atoms with Gasteiger partial charge in [-0.25, -0.2) is 4.98 Å². The maximum Gasteiger partial charge on any atom is 0.433 e. The number of carbonyl (C=O) groups is 1. The van der Waals surface area contributed by atoms with E-state index >= 15 is 0 Å². The van der Waals surface area contributed by atoms with Crippen LogP contribution in [0.15, 0.2) is 12.1 Å². The number of nitrogens with two attached hydrogens (primary N) is 1. The van der Waals surface area contributed by atoms with E-state index in [1.807, 2.05) is 6.07 Å². The van der Waals surface area contributed by atoms with Gasteiger partial charge in [0.05, 0.1) is 18.1 Å². The molecule has 0 aliphatic heterocycles. The molecule has 21 heavy (non-hydrogen) atoms. The fraction of sp³-hybridized carbons (Fsp3) is 0.462. The second-order valence-electron chi connectivity index (χ2n) is 4.76. The smallest absolute Gasteiger partial charge is 0.365 e. The molecule has 0 saturated heterocycles. The highest BCUT2D eigenvalue weighted by Gasteiger charge is 2.36. The number of aromatic nitrogens is 1. The van der Waals surface area contributed by atoms with Crippen molar-refractivity contribution in [1.29, 1.82) is 5.26 Å². The minimum absolute atomic E-state index is 0.00688. The van der Waals surface area contributed by atoms with Crippen LogP contribution in [0.1, 0.15) is 35.3 Å². The molecule has 0 bridgehead atoms. The SMILES string of the molecule is N#CCCN(c1nc(C(F)(F)F)ccc1C(N)=O)C1CC1. The fourth-order valence-electron chi connectivity index (χ4n) is 2.04. The van der Waals surface area contributed by atoms with Crippen LogP contribution in [0, 0.1) is 11.3 Å². The summed E-state index contributed by atoms with van der Waals surface area (Å²) in [5, 5.41) is 8.66. The molecule has 0 atom stereocenters. The zero-order valence-corrected chi connectivity index (χ0v) is 11.0. The Kier molecular flexibility index (Phi) is 4.02. The highest BCUT2D eigenvalue weighted by molar-refractivity contribution is 5.97. The molecule has 1 fully saturated rings. The predicted octanol–water partition coefficient (Wildman–Crippen LogP) is 2.08. The van der Waals surface area contributed by atoms with Crippen molar-refractivity contribution in [1.82, 2.24) is 4.98 Å². The van der Waals surface area contributed by atoms with Crippen molar-refractivity contribution in [2.75, 3.05) is 11.4 Å². The summed E-state index contributed by atoms with van der Waals surface area (Å²) in [6.45, 7) is 0.218. The van der Waals surface area contributed by atoms with Crippen LogP contribution in [0.4, 0.5) is 19.0 Å². The van der Waals surface area contributed by atoms with Crippen LogP contribution in [0.2, 0.25) is 0 Å². The number of anilines is 1. The van der Waals surface area contributed by atoms with Crippen molar-refractivity contribution in [2.24, 2.45) is 5.73 Å². The van der Waals surface area contributed by atoms with Gasteiger partial charge in [0.15, 0.2) is 0 Å². The van der Waals surface area contributed by atoms with Crippen LogP contribution >= 0.6 is 0 Å². The topological polar surface area (TPSA) is 83.0 Å². The third kappa shape index (κ3) is 3.42.